The summed E-state index contributed by atoms with van der Waals surface area (Å²) in [5, 5.41) is 0.399. The highest BCUT2D eigenvalue weighted by Gasteiger charge is 2.35. The Morgan fingerprint density at radius 3 is 2.50 bits per heavy atom. The monoisotopic (exact) mass is 291 g/mol. The van der Waals surface area contributed by atoms with Gasteiger partial charge in [0.2, 0.25) is 5.82 Å². The second kappa shape index (κ2) is 3.58. The molecule has 0 atom stereocenters. The van der Waals surface area contributed by atoms with Gasteiger partial charge in [-0.3, -0.25) is 0 Å². The number of anilines is 1. The molecule has 1 heterocycles. The standard InChI is InChI=1S/C9H5BrF3N3/c10-4-1-2-5-6(3-4)15-8(9(11,12)13)16-7(5)14/h1-3H,(H2,14,15,16). The molecule has 0 aliphatic heterocycles. The van der Waals surface area contributed by atoms with Crippen LogP contribution >= 0.6 is 15.9 Å². The Morgan fingerprint density at radius 2 is 1.88 bits per heavy atom. The van der Waals surface area contributed by atoms with E-state index in [0.717, 1.165) is 0 Å². The summed E-state index contributed by atoms with van der Waals surface area (Å²) in [5.41, 5.74) is 5.60. The largest absolute Gasteiger partial charge is 0.451 e. The molecule has 0 spiro atoms. The highest BCUT2D eigenvalue weighted by molar-refractivity contribution is 9.10. The SMILES string of the molecule is Nc1nc(C(F)(F)F)nc2cc(Br)ccc12. The number of hydrogen-bond acceptors (Lipinski definition) is 3. The maximum Gasteiger partial charge on any atom is 0.451 e. The Kier molecular flexibility index (Phi) is 2.49. The summed E-state index contributed by atoms with van der Waals surface area (Å²) in [4.78, 5) is 6.65. The average Bonchev–Trinajstić information content (AvgIpc) is 2.15. The van der Waals surface area contributed by atoms with Gasteiger partial charge in [0.1, 0.15) is 5.82 Å². The average molecular weight is 292 g/mol. The topological polar surface area (TPSA) is 51.8 Å². The normalized spacial score (nSPS) is 12.0. The Labute approximate surface area is 96.6 Å². The van der Waals surface area contributed by atoms with Gasteiger partial charge >= 0.3 is 6.18 Å². The number of nitrogens with two attached hydrogens (primary N) is 1. The van der Waals surface area contributed by atoms with Crippen LogP contribution in [0, 0.1) is 0 Å². The predicted molar refractivity (Wildman–Crippen MR) is 56.7 cm³/mol. The van der Waals surface area contributed by atoms with E-state index < -0.39 is 12.0 Å². The van der Waals surface area contributed by atoms with Gasteiger partial charge in [-0.15, -0.1) is 0 Å². The van der Waals surface area contributed by atoms with Gasteiger partial charge in [0, 0.05) is 9.86 Å². The van der Waals surface area contributed by atoms with E-state index in [2.05, 4.69) is 25.9 Å². The zero-order valence-corrected chi connectivity index (χ0v) is 9.30. The van der Waals surface area contributed by atoms with Crippen molar-refractivity contribution in [1.29, 1.82) is 0 Å². The van der Waals surface area contributed by atoms with Gasteiger partial charge in [0.05, 0.1) is 5.52 Å². The number of nitrogens with zero attached hydrogens (tertiary/aromatic N) is 2. The number of benzene rings is 1. The molecule has 0 bridgehead atoms. The molecule has 0 saturated carbocycles. The summed E-state index contributed by atoms with van der Waals surface area (Å²) in [7, 11) is 0. The summed E-state index contributed by atoms with van der Waals surface area (Å²) in [5.74, 6) is -1.40. The van der Waals surface area contributed by atoms with Crippen molar-refractivity contribution in [1.82, 2.24) is 9.97 Å². The first-order valence-corrected chi connectivity index (χ1v) is 4.97. The van der Waals surface area contributed by atoms with E-state index in [1.54, 1.807) is 12.1 Å². The van der Waals surface area contributed by atoms with Crippen molar-refractivity contribution >= 4 is 32.7 Å². The van der Waals surface area contributed by atoms with Crippen LogP contribution < -0.4 is 5.73 Å². The maximum atomic E-state index is 12.4. The molecule has 3 nitrogen and oxygen atoms in total. The van der Waals surface area contributed by atoms with Crippen molar-refractivity contribution in [3.63, 3.8) is 0 Å². The maximum absolute atomic E-state index is 12.4. The van der Waals surface area contributed by atoms with E-state index in [1.807, 2.05) is 0 Å². The third-order valence-corrected chi connectivity index (χ3v) is 2.44. The minimum atomic E-state index is -4.59. The van der Waals surface area contributed by atoms with E-state index in [0.29, 0.717) is 9.86 Å². The van der Waals surface area contributed by atoms with Gasteiger partial charge < -0.3 is 5.73 Å². The summed E-state index contributed by atoms with van der Waals surface area (Å²) in [6, 6.07) is 4.69. The molecule has 1 aromatic heterocycles. The first kappa shape index (κ1) is 11.1. The van der Waals surface area contributed by atoms with Crippen LogP contribution in [0.15, 0.2) is 22.7 Å². The number of halogens is 4. The molecule has 2 aromatic rings. The summed E-state index contributed by atoms with van der Waals surface area (Å²) < 4.78 is 37.8. The van der Waals surface area contributed by atoms with Crippen LogP contribution in [0.3, 0.4) is 0 Å². The Hall–Kier alpha value is -1.37. The van der Waals surface area contributed by atoms with Gasteiger partial charge in [0.25, 0.3) is 0 Å². The molecule has 0 aliphatic carbocycles. The molecule has 84 valence electrons. The quantitative estimate of drug-likeness (QED) is 0.812. The molecule has 0 radical (unpaired) electrons. The van der Waals surface area contributed by atoms with Gasteiger partial charge in [-0.2, -0.15) is 13.2 Å². The molecule has 1 aromatic carbocycles. The molecular formula is C9H5BrF3N3. The van der Waals surface area contributed by atoms with E-state index in [1.165, 1.54) is 6.07 Å². The van der Waals surface area contributed by atoms with Crippen LogP contribution in [0.5, 0.6) is 0 Å². The summed E-state index contributed by atoms with van der Waals surface area (Å²) in [6.07, 6.45) is -4.59. The van der Waals surface area contributed by atoms with E-state index in [-0.39, 0.29) is 11.3 Å². The second-order valence-corrected chi connectivity index (χ2v) is 4.01. The highest BCUT2D eigenvalue weighted by Crippen LogP contribution is 2.30. The third-order valence-electron chi connectivity index (χ3n) is 1.94. The lowest BCUT2D eigenvalue weighted by atomic mass is 10.2. The lowest BCUT2D eigenvalue weighted by Crippen LogP contribution is -2.12. The lowest BCUT2D eigenvalue weighted by molar-refractivity contribution is -0.144. The van der Waals surface area contributed by atoms with Crippen molar-refractivity contribution in [3.05, 3.63) is 28.5 Å². The van der Waals surface area contributed by atoms with Crippen LogP contribution in [-0.4, -0.2) is 9.97 Å². The zero-order chi connectivity index (χ0) is 11.9. The van der Waals surface area contributed by atoms with Gasteiger partial charge in [0.15, 0.2) is 0 Å². The van der Waals surface area contributed by atoms with Crippen molar-refractivity contribution in [2.24, 2.45) is 0 Å². The Morgan fingerprint density at radius 1 is 1.19 bits per heavy atom. The van der Waals surface area contributed by atoms with E-state index in [9.17, 15) is 13.2 Å². The number of hydrogen-bond donors (Lipinski definition) is 1. The molecular weight excluding hydrogens is 287 g/mol. The zero-order valence-electron chi connectivity index (χ0n) is 7.72. The van der Waals surface area contributed by atoms with Crippen molar-refractivity contribution < 1.29 is 13.2 Å². The van der Waals surface area contributed by atoms with Crippen LogP contribution in [0.1, 0.15) is 5.82 Å². The fourth-order valence-electron chi connectivity index (χ4n) is 1.25. The van der Waals surface area contributed by atoms with E-state index >= 15 is 0 Å². The number of alkyl halides is 3. The van der Waals surface area contributed by atoms with Crippen LogP contribution in [0.4, 0.5) is 19.0 Å². The van der Waals surface area contributed by atoms with E-state index in [4.69, 9.17) is 5.73 Å². The molecule has 0 aliphatic rings. The molecule has 2 N–H and O–H groups in total. The molecule has 0 amide bonds. The number of aromatic nitrogens is 2. The Balaban J connectivity index is 2.75. The third kappa shape index (κ3) is 1.95. The summed E-state index contributed by atoms with van der Waals surface area (Å²) >= 11 is 3.15. The van der Waals surface area contributed by atoms with Crippen molar-refractivity contribution in [2.45, 2.75) is 6.18 Å². The molecule has 2 rings (SSSR count). The number of fused-ring (bicyclic) bond motifs is 1. The van der Waals surface area contributed by atoms with Crippen molar-refractivity contribution in [3.8, 4) is 0 Å². The second-order valence-electron chi connectivity index (χ2n) is 3.09. The molecule has 0 unspecified atom stereocenters. The lowest BCUT2D eigenvalue weighted by Gasteiger charge is -2.07. The van der Waals surface area contributed by atoms with Gasteiger partial charge in [-0.05, 0) is 18.2 Å². The van der Waals surface area contributed by atoms with Gasteiger partial charge in [-0.25, -0.2) is 9.97 Å². The first-order chi connectivity index (χ1) is 7.38. The first-order valence-electron chi connectivity index (χ1n) is 4.18. The van der Waals surface area contributed by atoms with Crippen LogP contribution in [0.25, 0.3) is 10.9 Å². The molecule has 7 heteroatoms. The van der Waals surface area contributed by atoms with Crippen LogP contribution in [-0.2, 0) is 6.18 Å². The minimum absolute atomic E-state index is 0.161. The molecule has 0 saturated heterocycles. The number of nitrogen functional groups attached to an aromatic ring is 1. The van der Waals surface area contributed by atoms with Crippen molar-refractivity contribution in [2.75, 3.05) is 5.73 Å². The van der Waals surface area contributed by atoms with Crippen LogP contribution in [0.2, 0.25) is 0 Å². The fraction of sp³-hybridized carbons (Fsp3) is 0.111. The smallest absolute Gasteiger partial charge is 0.383 e. The fourth-order valence-corrected chi connectivity index (χ4v) is 1.60. The molecule has 16 heavy (non-hydrogen) atoms. The highest BCUT2D eigenvalue weighted by atomic mass is 79.9. The number of rotatable bonds is 0. The minimum Gasteiger partial charge on any atom is -0.383 e. The molecule has 0 fully saturated rings. The van der Waals surface area contributed by atoms with Gasteiger partial charge in [-0.1, -0.05) is 15.9 Å². The predicted octanol–water partition coefficient (Wildman–Crippen LogP) is 2.99. The Bertz CT molecular complexity index is 553. The summed E-state index contributed by atoms with van der Waals surface area (Å²) in [6.45, 7) is 0.